The third kappa shape index (κ3) is 3.13. The second-order valence-corrected chi connectivity index (χ2v) is 7.29. The summed E-state index contributed by atoms with van der Waals surface area (Å²) < 4.78 is 0. The van der Waals surface area contributed by atoms with Crippen LogP contribution in [-0.4, -0.2) is 25.5 Å². The molecule has 1 unspecified atom stereocenters. The van der Waals surface area contributed by atoms with Crippen LogP contribution in [0.2, 0.25) is 0 Å². The van der Waals surface area contributed by atoms with E-state index in [0.29, 0.717) is 11.3 Å². The van der Waals surface area contributed by atoms with Gasteiger partial charge in [-0.2, -0.15) is 0 Å². The van der Waals surface area contributed by atoms with E-state index in [2.05, 4.69) is 31.4 Å². The van der Waals surface area contributed by atoms with Crippen molar-refractivity contribution in [2.75, 3.05) is 19.6 Å². The Morgan fingerprint density at radius 2 is 1.89 bits per heavy atom. The molecule has 2 fully saturated rings. The Morgan fingerprint density at radius 3 is 2.42 bits per heavy atom. The first-order valence-corrected chi connectivity index (χ1v) is 7.98. The molecule has 3 nitrogen and oxygen atoms in total. The molecule has 2 aliphatic rings. The predicted molar refractivity (Wildman–Crippen MR) is 79.0 cm³/mol. The van der Waals surface area contributed by atoms with Crippen LogP contribution in [0.1, 0.15) is 59.3 Å². The van der Waals surface area contributed by atoms with E-state index in [0.717, 1.165) is 26.1 Å². The SMILES string of the molecule is CC(C)C1(C(=O)NCC2(C)CCCCC2)CCNC1. The number of hydrogen-bond acceptors (Lipinski definition) is 2. The Morgan fingerprint density at radius 1 is 1.21 bits per heavy atom. The Bertz CT molecular complexity index is 313. The van der Waals surface area contributed by atoms with Crippen molar-refractivity contribution in [2.45, 2.75) is 59.3 Å². The van der Waals surface area contributed by atoms with Gasteiger partial charge < -0.3 is 10.6 Å². The lowest BCUT2D eigenvalue weighted by Crippen LogP contribution is -2.49. The van der Waals surface area contributed by atoms with Gasteiger partial charge in [-0.1, -0.05) is 40.0 Å². The Labute approximate surface area is 117 Å². The second-order valence-electron chi connectivity index (χ2n) is 7.29. The largest absolute Gasteiger partial charge is 0.355 e. The summed E-state index contributed by atoms with van der Waals surface area (Å²) in [6.07, 6.45) is 7.52. The summed E-state index contributed by atoms with van der Waals surface area (Å²) >= 11 is 0. The van der Waals surface area contributed by atoms with E-state index in [1.54, 1.807) is 0 Å². The highest BCUT2D eigenvalue weighted by atomic mass is 16.2. The van der Waals surface area contributed by atoms with Gasteiger partial charge >= 0.3 is 0 Å². The van der Waals surface area contributed by atoms with E-state index in [4.69, 9.17) is 0 Å². The molecule has 1 atom stereocenters. The molecule has 19 heavy (non-hydrogen) atoms. The minimum absolute atomic E-state index is 0.176. The lowest BCUT2D eigenvalue weighted by molar-refractivity contribution is -0.133. The maximum absolute atomic E-state index is 12.6. The van der Waals surface area contributed by atoms with Gasteiger partial charge in [-0.15, -0.1) is 0 Å². The van der Waals surface area contributed by atoms with Crippen molar-refractivity contribution in [3.05, 3.63) is 0 Å². The quantitative estimate of drug-likeness (QED) is 0.821. The summed E-state index contributed by atoms with van der Waals surface area (Å²) in [7, 11) is 0. The fourth-order valence-corrected chi connectivity index (χ4v) is 3.71. The topological polar surface area (TPSA) is 41.1 Å². The fraction of sp³-hybridized carbons (Fsp3) is 0.938. The van der Waals surface area contributed by atoms with Crippen molar-refractivity contribution in [1.82, 2.24) is 10.6 Å². The van der Waals surface area contributed by atoms with Crippen molar-refractivity contribution < 1.29 is 4.79 Å². The third-order valence-electron chi connectivity index (χ3n) is 5.48. The van der Waals surface area contributed by atoms with Crippen LogP contribution in [0.5, 0.6) is 0 Å². The van der Waals surface area contributed by atoms with Gasteiger partial charge in [0.1, 0.15) is 0 Å². The van der Waals surface area contributed by atoms with Crippen LogP contribution in [0.15, 0.2) is 0 Å². The molecule has 1 aliphatic carbocycles. The highest BCUT2D eigenvalue weighted by Gasteiger charge is 2.44. The first-order valence-electron chi connectivity index (χ1n) is 7.98. The molecule has 0 bridgehead atoms. The molecule has 0 aromatic rings. The number of hydrogen-bond donors (Lipinski definition) is 2. The zero-order chi connectivity index (χ0) is 13.9. The minimum Gasteiger partial charge on any atom is -0.355 e. The summed E-state index contributed by atoms with van der Waals surface area (Å²) in [6, 6.07) is 0. The van der Waals surface area contributed by atoms with E-state index in [-0.39, 0.29) is 11.3 Å². The number of amides is 1. The van der Waals surface area contributed by atoms with Crippen molar-refractivity contribution >= 4 is 5.91 Å². The highest BCUT2D eigenvalue weighted by Crippen LogP contribution is 2.37. The van der Waals surface area contributed by atoms with Gasteiger partial charge in [0.15, 0.2) is 0 Å². The summed E-state index contributed by atoms with van der Waals surface area (Å²) in [5.41, 5.74) is 0.156. The fourth-order valence-electron chi connectivity index (χ4n) is 3.71. The molecule has 3 heteroatoms. The molecular weight excluding hydrogens is 236 g/mol. The second kappa shape index (κ2) is 5.82. The van der Waals surface area contributed by atoms with Crippen LogP contribution in [0.4, 0.5) is 0 Å². The van der Waals surface area contributed by atoms with Gasteiger partial charge in [0.2, 0.25) is 5.91 Å². The molecule has 2 rings (SSSR count). The van der Waals surface area contributed by atoms with Crippen LogP contribution in [0.25, 0.3) is 0 Å². The molecule has 1 heterocycles. The predicted octanol–water partition coefficient (Wildman–Crippen LogP) is 2.71. The molecule has 1 amide bonds. The zero-order valence-corrected chi connectivity index (χ0v) is 12.8. The van der Waals surface area contributed by atoms with Crippen LogP contribution < -0.4 is 10.6 Å². The molecule has 1 saturated carbocycles. The summed E-state index contributed by atoms with van der Waals surface area (Å²) in [4.78, 5) is 12.6. The number of carbonyl (C=O) groups is 1. The third-order valence-corrected chi connectivity index (χ3v) is 5.48. The normalized spacial score (nSPS) is 30.5. The van der Waals surface area contributed by atoms with Crippen molar-refractivity contribution in [3.63, 3.8) is 0 Å². The lowest BCUT2D eigenvalue weighted by atomic mass is 9.73. The molecule has 110 valence electrons. The maximum atomic E-state index is 12.6. The van der Waals surface area contributed by atoms with Crippen LogP contribution in [0.3, 0.4) is 0 Å². The van der Waals surface area contributed by atoms with Crippen molar-refractivity contribution in [3.8, 4) is 0 Å². The van der Waals surface area contributed by atoms with E-state index in [1.807, 2.05) is 0 Å². The van der Waals surface area contributed by atoms with Gasteiger partial charge in [-0.05, 0) is 37.1 Å². The van der Waals surface area contributed by atoms with Gasteiger partial charge in [0.05, 0.1) is 5.41 Å². The Hall–Kier alpha value is -0.570. The average Bonchev–Trinajstić information content (AvgIpc) is 2.87. The molecule has 0 radical (unpaired) electrons. The molecule has 0 aromatic heterocycles. The van der Waals surface area contributed by atoms with Crippen LogP contribution >= 0.6 is 0 Å². The molecule has 1 saturated heterocycles. The highest BCUT2D eigenvalue weighted by molar-refractivity contribution is 5.83. The Balaban J connectivity index is 1.92. The van der Waals surface area contributed by atoms with Gasteiger partial charge in [0, 0.05) is 13.1 Å². The molecule has 1 aliphatic heterocycles. The zero-order valence-electron chi connectivity index (χ0n) is 12.8. The van der Waals surface area contributed by atoms with Gasteiger partial charge in [-0.3, -0.25) is 4.79 Å². The van der Waals surface area contributed by atoms with E-state index < -0.39 is 0 Å². The number of nitrogens with one attached hydrogen (secondary N) is 2. The Kier molecular flexibility index (Phi) is 4.54. The van der Waals surface area contributed by atoms with E-state index in [1.165, 1.54) is 32.1 Å². The smallest absolute Gasteiger partial charge is 0.227 e. The summed E-state index contributed by atoms with van der Waals surface area (Å²) in [5.74, 6) is 0.681. The maximum Gasteiger partial charge on any atom is 0.227 e. The van der Waals surface area contributed by atoms with E-state index >= 15 is 0 Å². The minimum atomic E-state index is -0.176. The summed E-state index contributed by atoms with van der Waals surface area (Å²) in [6.45, 7) is 9.36. The lowest BCUT2D eigenvalue weighted by Gasteiger charge is -2.36. The molecule has 0 spiro atoms. The number of rotatable bonds is 4. The standard InChI is InChI=1S/C16H30N2O/c1-13(2)16(9-10-17-12-16)14(19)18-11-15(3)7-5-4-6-8-15/h13,17H,4-12H2,1-3H3,(H,18,19). The first-order chi connectivity index (χ1) is 8.99. The van der Waals surface area contributed by atoms with Crippen LogP contribution in [0, 0.1) is 16.7 Å². The first kappa shape index (κ1) is 14.8. The molecule has 2 N–H and O–H groups in total. The van der Waals surface area contributed by atoms with Crippen LogP contribution in [-0.2, 0) is 4.79 Å². The van der Waals surface area contributed by atoms with E-state index in [9.17, 15) is 4.79 Å². The number of carbonyl (C=O) groups excluding carboxylic acids is 1. The van der Waals surface area contributed by atoms with Crippen molar-refractivity contribution in [2.24, 2.45) is 16.7 Å². The molecule has 0 aromatic carbocycles. The summed E-state index contributed by atoms with van der Waals surface area (Å²) in [5, 5.41) is 6.64. The van der Waals surface area contributed by atoms with Gasteiger partial charge in [-0.25, -0.2) is 0 Å². The van der Waals surface area contributed by atoms with Gasteiger partial charge in [0.25, 0.3) is 0 Å². The van der Waals surface area contributed by atoms with Crippen molar-refractivity contribution in [1.29, 1.82) is 0 Å². The molecular formula is C16H30N2O. The average molecular weight is 266 g/mol. The monoisotopic (exact) mass is 266 g/mol.